The number of hydrogen-bond donors (Lipinski definition) is 2. The molecule has 2 N–H and O–H groups in total. The number of anilines is 1. The maximum Gasteiger partial charge on any atom is 0.274 e. The van der Waals surface area contributed by atoms with E-state index in [-0.39, 0.29) is 35.6 Å². The fourth-order valence-electron chi connectivity index (χ4n) is 1.97. The topological polar surface area (TPSA) is 80.2 Å². The van der Waals surface area contributed by atoms with Crippen molar-refractivity contribution in [3.63, 3.8) is 0 Å². The summed E-state index contributed by atoms with van der Waals surface area (Å²) in [5, 5.41) is 5.43. The highest BCUT2D eigenvalue weighted by atomic mass is 16.2. The monoisotopic (exact) mass is 307 g/mol. The molecule has 0 fully saturated rings. The van der Waals surface area contributed by atoms with Gasteiger partial charge in [0.15, 0.2) is 0 Å². The number of aryl methyl sites for hydroxylation is 1. The predicted octanol–water partition coefficient (Wildman–Crippen LogP) is 1.81. The van der Waals surface area contributed by atoms with E-state index in [1.54, 1.807) is 19.1 Å². The summed E-state index contributed by atoms with van der Waals surface area (Å²) in [6.07, 6.45) is 1.90. The molecule has 6 nitrogen and oxygen atoms in total. The van der Waals surface area contributed by atoms with Crippen molar-refractivity contribution in [2.24, 2.45) is 0 Å². The Balaban J connectivity index is 2.93. The van der Waals surface area contributed by atoms with E-state index in [1.165, 1.54) is 4.57 Å². The number of nitrogens with zero attached hydrogens (tertiary/aromatic N) is 1. The highest BCUT2D eigenvalue weighted by Gasteiger charge is 2.13. The van der Waals surface area contributed by atoms with Crippen LogP contribution in [0.3, 0.4) is 0 Å². The fraction of sp³-hybridized carbons (Fsp3) is 0.562. The molecule has 1 atom stereocenters. The minimum Gasteiger partial charge on any atom is -0.352 e. The standard InChI is InChI=1S/C16H25N3O3/c1-5-7-14(20)18-13-9-8-12(4)19(16(13)22)10-15(21)17-11(3)6-2/h8-9,11H,5-7,10H2,1-4H3,(H,17,21)(H,18,20)/t11-/m1/s1. The summed E-state index contributed by atoms with van der Waals surface area (Å²) in [6.45, 7) is 7.50. The van der Waals surface area contributed by atoms with Crippen LogP contribution in [-0.4, -0.2) is 22.4 Å². The molecule has 0 unspecified atom stereocenters. The van der Waals surface area contributed by atoms with Gasteiger partial charge in [-0.2, -0.15) is 0 Å². The smallest absolute Gasteiger partial charge is 0.274 e. The molecule has 0 aliphatic rings. The first-order valence-corrected chi connectivity index (χ1v) is 7.68. The lowest BCUT2D eigenvalue weighted by atomic mass is 10.2. The average molecular weight is 307 g/mol. The third kappa shape index (κ3) is 5.02. The third-order valence-corrected chi connectivity index (χ3v) is 3.47. The Hall–Kier alpha value is -2.11. The van der Waals surface area contributed by atoms with Gasteiger partial charge in [0.2, 0.25) is 11.8 Å². The van der Waals surface area contributed by atoms with Gasteiger partial charge in [-0.1, -0.05) is 13.8 Å². The van der Waals surface area contributed by atoms with E-state index in [0.717, 1.165) is 6.42 Å². The van der Waals surface area contributed by atoms with Gasteiger partial charge in [-0.15, -0.1) is 0 Å². The Bertz CT molecular complexity index is 593. The molecular weight excluding hydrogens is 282 g/mol. The lowest BCUT2D eigenvalue weighted by Crippen LogP contribution is -2.38. The van der Waals surface area contributed by atoms with Crippen LogP contribution in [0.4, 0.5) is 5.69 Å². The molecule has 0 radical (unpaired) electrons. The minimum absolute atomic E-state index is 0.0491. The molecule has 2 amide bonds. The van der Waals surface area contributed by atoms with E-state index in [4.69, 9.17) is 0 Å². The molecule has 1 aromatic rings. The van der Waals surface area contributed by atoms with E-state index in [0.29, 0.717) is 18.5 Å². The van der Waals surface area contributed by atoms with E-state index in [1.807, 2.05) is 20.8 Å². The number of carbonyl (C=O) groups excluding carboxylic acids is 2. The molecule has 22 heavy (non-hydrogen) atoms. The van der Waals surface area contributed by atoms with Crippen LogP contribution in [0.25, 0.3) is 0 Å². The van der Waals surface area contributed by atoms with E-state index in [9.17, 15) is 14.4 Å². The number of amides is 2. The molecule has 122 valence electrons. The summed E-state index contributed by atoms with van der Waals surface area (Å²) in [7, 11) is 0. The summed E-state index contributed by atoms with van der Waals surface area (Å²) < 4.78 is 1.37. The van der Waals surface area contributed by atoms with Crippen LogP contribution in [0, 0.1) is 6.92 Å². The largest absolute Gasteiger partial charge is 0.352 e. The predicted molar refractivity (Wildman–Crippen MR) is 86.9 cm³/mol. The molecule has 1 aromatic heterocycles. The average Bonchev–Trinajstić information content (AvgIpc) is 2.46. The van der Waals surface area contributed by atoms with Crippen LogP contribution in [0.15, 0.2) is 16.9 Å². The van der Waals surface area contributed by atoms with Crippen molar-refractivity contribution in [2.45, 2.75) is 59.5 Å². The van der Waals surface area contributed by atoms with Crippen molar-refractivity contribution in [3.05, 3.63) is 28.2 Å². The van der Waals surface area contributed by atoms with Gasteiger partial charge < -0.3 is 15.2 Å². The second-order valence-corrected chi connectivity index (χ2v) is 5.45. The van der Waals surface area contributed by atoms with Gasteiger partial charge in [-0.3, -0.25) is 14.4 Å². The highest BCUT2D eigenvalue weighted by molar-refractivity contribution is 5.90. The zero-order chi connectivity index (χ0) is 16.7. The third-order valence-electron chi connectivity index (χ3n) is 3.47. The van der Waals surface area contributed by atoms with Crippen molar-refractivity contribution in [1.29, 1.82) is 0 Å². The van der Waals surface area contributed by atoms with E-state index >= 15 is 0 Å². The van der Waals surface area contributed by atoms with E-state index < -0.39 is 0 Å². The van der Waals surface area contributed by atoms with Gasteiger partial charge >= 0.3 is 0 Å². The molecule has 6 heteroatoms. The number of hydrogen-bond acceptors (Lipinski definition) is 3. The second-order valence-electron chi connectivity index (χ2n) is 5.45. The first kappa shape index (κ1) is 17.9. The lowest BCUT2D eigenvalue weighted by Gasteiger charge is -2.15. The van der Waals surface area contributed by atoms with Gasteiger partial charge in [-0.05, 0) is 38.8 Å². The fourth-order valence-corrected chi connectivity index (χ4v) is 1.97. The van der Waals surface area contributed by atoms with Crippen molar-refractivity contribution in [3.8, 4) is 0 Å². The van der Waals surface area contributed by atoms with Crippen molar-refractivity contribution in [2.75, 3.05) is 5.32 Å². The molecule has 0 saturated carbocycles. The molecular formula is C16H25N3O3. The van der Waals surface area contributed by atoms with Gasteiger partial charge in [0, 0.05) is 18.2 Å². The van der Waals surface area contributed by atoms with Crippen LogP contribution in [0.1, 0.15) is 45.7 Å². The van der Waals surface area contributed by atoms with Gasteiger partial charge in [0.25, 0.3) is 5.56 Å². The Labute approximate surface area is 130 Å². The van der Waals surface area contributed by atoms with Gasteiger partial charge in [0.1, 0.15) is 12.2 Å². The SMILES string of the molecule is CCCC(=O)Nc1ccc(C)n(CC(=O)N[C@H](C)CC)c1=O. The first-order valence-electron chi connectivity index (χ1n) is 7.68. The molecule has 0 spiro atoms. The Morgan fingerprint density at radius 2 is 1.91 bits per heavy atom. The van der Waals surface area contributed by atoms with Gasteiger partial charge in [-0.25, -0.2) is 0 Å². The van der Waals surface area contributed by atoms with Crippen LogP contribution >= 0.6 is 0 Å². The Kier molecular flexibility index (Phi) is 6.82. The zero-order valence-electron chi connectivity index (χ0n) is 13.7. The number of carbonyl (C=O) groups is 2. The zero-order valence-corrected chi connectivity index (χ0v) is 13.7. The van der Waals surface area contributed by atoms with Crippen LogP contribution in [0.5, 0.6) is 0 Å². The Morgan fingerprint density at radius 3 is 2.50 bits per heavy atom. The minimum atomic E-state index is -0.358. The lowest BCUT2D eigenvalue weighted by molar-refractivity contribution is -0.122. The quantitative estimate of drug-likeness (QED) is 0.806. The first-order chi connectivity index (χ1) is 10.4. The van der Waals surface area contributed by atoms with E-state index in [2.05, 4.69) is 10.6 Å². The summed E-state index contributed by atoms with van der Waals surface area (Å²) in [5.41, 5.74) is 0.530. The Morgan fingerprint density at radius 1 is 1.23 bits per heavy atom. The van der Waals surface area contributed by atoms with Gasteiger partial charge in [0.05, 0.1) is 0 Å². The summed E-state index contributed by atoms with van der Waals surface area (Å²) in [5.74, 6) is -0.407. The van der Waals surface area contributed by atoms with Crippen molar-refractivity contribution < 1.29 is 9.59 Å². The molecule has 1 heterocycles. The maximum atomic E-state index is 12.4. The molecule has 0 aliphatic heterocycles. The highest BCUT2D eigenvalue weighted by Crippen LogP contribution is 2.05. The number of pyridine rings is 1. The van der Waals surface area contributed by atoms with Crippen molar-refractivity contribution >= 4 is 17.5 Å². The van der Waals surface area contributed by atoms with Crippen LogP contribution in [-0.2, 0) is 16.1 Å². The molecule has 0 bridgehead atoms. The molecule has 0 aliphatic carbocycles. The second kappa shape index (κ2) is 8.36. The number of aromatic nitrogens is 1. The van der Waals surface area contributed by atoms with Crippen molar-refractivity contribution in [1.82, 2.24) is 9.88 Å². The van der Waals surface area contributed by atoms with Crippen LogP contribution < -0.4 is 16.2 Å². The molecule has 0 saturated heterocycles. The number of rotatable bonds is 7. The number of nitrogens with one attached hydrogen (secondary N) is 2. The maximum absolute atomic E-state index is 12.4. The normalized spacial score (nSPS) is 11.8. The molecule has 0 aromatic carbocycles. The summed E-state index contributed by atoms with van der Waals surface area (Å²) in [6, 6.07) is 3.37. The van der Waals surface area contributed by atoms with Crippen LogP contribution in [0.2, 0.25) is 0 Å². The molecule has 1 rings (SSSR count). The summed E-state index contributed by atoms with van der Waals surface area (Å²) >= 11 is 0. The summed E-state index contributed by atoms with van der Waals surface area (Å²) in [4.78, 5) is 36.0.